The van der Waals surface area contributed by atoms with Crippen molar-refractivity contribution in [2.75, 3.05) is 11.4 Å². The molecule has 172 valence electrons. The van der Waals surface area contributed by atoms with Gasteiger partial charge in [-0.05, 0) is 47.9 Å². The molecule has 7 heteroatoms. The molecule has 0 aromatic heterocycles. The number of Topliss-reactive ketones (excluding diaryl/α,β-unsaturated/α-hetero) is 2. The third-order valence-corrected chi connectivity index (χ3v) is 6.69. The Morgan fingerprint density at radius 2 is 1.35 bits per heavy atom. The largest absolute Gasteiger partial charge is 0.341 e. The molecule has 0 saturated carbocycles. The molecule has 0 spiro atoms. The minimum atomic E-state index is -2.12. The summed E-state index contributed by atoms with van der Waals surface area (Å²) in [5, 5.41) is 0. The van der Waals surface area contributed by atoms with Gasteiger partial charge in [-0.2, -0.15) is 0 Å². The number of carbonyl (C=O) groups is 2. The first-order chi connectivity index (χ1) is 16.1. The minimum Gasteiger partial charge on any atom is -0.341 e. The zero-order chi connectivity index (χ0) is 24.5. The number of hydrogen-bond donors (Lipinski definition) is 0. The lowest BCUT2D eigenvalue weighted by molar-refractivity contribution is 0.0988. The number of rotatable bonds is 2. The molecule has 3 aromatic rings. The first-order valence-corrected chi connectivity index (χ1v) is 10.8. The normalized spacial score (nSPS) is 15.9. The summed E-state index contributed by atoms with van der Waals surface area (Å²) in [5.74, 6) is -10.3. The SMILES string of the molecule is CCN1c2ccccc2C(C)(C)c2cc(C=C3C(=O)c4c(F)c(F)c(F)c(F)c4C3=O)ccc21. The monoisotopic (exact) mass is 465 g/mol. The van der Waals surface area contributed by atoms with Gasteiger partial charge < -0.3 is 4.90 Å². The highest BCUT2D eigenvalue weighted by molar-refractivity contribution is 6.41. The zero-order valence-electron chi connectivity index (χ0n) is 18.6. The molecule has 5 rings (SSSR count). The molecule has 0 radical (unpaired) electrons. The second-order valence-corrected chi connectivity index (χ2v) is 8.89. The molecule has 0 amide bonds. The maximum absolute atomic E-state index is 14.2. The van der Waals surface area contributed by atoms with Crippen LogP contribution in [0.1, 0.15) is 58.2 Å². The molecule has 1 aliphatic heterocycles. The van der Waals surface area contributed by atoms with Crippen LogP contribution in [0.4, 0.5) is 28.9 Å². The molecule has 3 nitrogen and oxygen atoms in total. The molecule has 0 saturated heterocycles. The smallest absolute Gasteiger partial charge is 0.200 e. The van der Waals surface area contributed by atoms with E-state index in [9.17, 15) is 27.2 Å². The van der Waals surface area contributed by atoms with Gasteiger partial charge in [0.15, 0.2) is 23.3 Å². The highest BCUT2D eigenvalue weighted by atomic mass is 19.2. The standard InChI is InChI=1S/C27H19F4NO2/c1-4-32-17-8-6-5-7-15(17)27(2,3)16-12-13(9-10-18(16)32)11-14-25(33)19-20(26(14)34)22(29)24(31)23(30)21(19)28/h5-12H,4H2,1-3H3. The van der Waals surface area contributed by atoms with Crippen LogP contribution >= 0.6 is 0 Å². The first kappa shape index (κ1) is 22.1. The van der Waals surface area contributed by atoms with Crippen molar-refractivity contribution in [3.05, 3.63) is 99.1 Å². The number of ketones is 2. The third-order valence-electron chi connectivity index (χ3n) is 6.69. The predicted molar refractivity (Wildman–Crippen MR) is 121 cm³/mol. The van der Waals surface area contributed by atoms with Gasteiger partial charge in [0, 0.05) is 23.3 Å². The topological polar surface area (TPSA) is 37.4 Å². The quantitative estimate of drug-likeness (QED) is 0.143. The van der Waals surface area contributed by atoms with Crippen molar-refractivity contribution in [3.8, 4) is 0 Å². The molecule has 2 aliphatic rings. The molecule has 1 aliphatic carbocycles. The van der Waals surface area contributed by atoms with Crippen molar-refractivity contribution in [2.45, 2.75) is 26.2 Å². The summed E-state index contributed by atoms with van der Waals surface area (Å²) >= 11 is 0. The van der Waals surface area contributed by atoms with Crippen molar-refractivity contribution in [1.29, 1.82) is 0 Å². The highest BCUT2D eigenvalue weighted by Crippen LogP contribution is 2.49. The van der Waals surface area contributed by atoms with E-state index in [4.69, 9.17) is 0 Å². The summed E-state index contributed by atoms with van der Waals surface area (Å²) < 4.78 is 55.9. The molecule has 0 atom stereocenters. The molecular formula is C27H19F4NO2. The van der Waals surface area contributed by atoms with Crippen LogP contribution < -0.4 is 4.90 Å². The van der Waals surface area contributed by atoms with Crippen LogP contribution in [0.3, 0.4) is 0 Å². The van der Waals surface area contributed by atoms with Gasteiger partial charge in [-0.25, -0.2) is 17.6 Å². The number of halogens is 4. The van der Waals surface area contributed by atoms with E-state index in [0.29, 0.717) is 12.1 Å². The number of carbonyl (C=O) groups excluding carboxylic acids is 2. The average molecular weight is 465 g/mol. The van der Waals surface area contributed by atoms with Gasteiger partial charge in [0.25, 0.3) is 0 Å². The fourth-order valence-corrected chi connectivity index (χ4v) is 4.96. The molecule has 0 bridgehead atoms. The zero-order valence-corrected chi connectivity index (χ0v) is 18.6. The van der Waals surface area contributed by atoms with E-state index in [0.717, 1.165) is 22.5 Å². The molecule has 0 fully saturated rings. The Morgan fingerprint density at radius 1 is 0.794 bits per heavy atom. The summed E-state index contributed by atoms with van der Waals surface area (Å²) in [4.78, 5) is 27.6. The van der Waals surface area contributed by atoms with Gasteiger partial charge in [0.05, 0.1) is 16.7 Å². The maximum atomic E-state index is 14.2. The van der Waals surface area contributed by atoms with Gasteiger partial charge in [-0.1, -0.05) is 38.1 Å². The first-order valence-electron chi connectivity index (χ1n) is 10.8. The van der Waals surface area contributed by atoms with Crippen LogP contribution in [0, 0.1) is 23.3 Å². The van der Waals surface area contributed by atoms with Crippen LogP contribution in [0.5, 0.6) is 0 Å². The third kappa shape index (κ3) is 2.82. The Kier molecular flexibility index (Phi) is 4.79. The van der Waals surface area contributed by atoms with Crippen molar-refractivity contribution in [2.24, 2.45) is 0 Å². The average Bonchev–Trinajstić information content (AvgIpc) is 3.07. The molecule has 1 heterocycles. The number of allylic oxidation sites excluding steroid dienone is 1. The molecule has 0 unspecified atom stereocenters. The fourth-order valence-electron chi connectivity index (χ4n) is 4.96. The van der Waals surface area contributed by atoms with E-state index in [1.54, 1.807) is 6.07 Å². The van der Waals surface area contributed by atoms with E-state index in [-0.39, 0.29) is 0 Å². The van der Waals surface area contributed by atoms with Gasteiger partial charge >= 0.3 is 0 Å². The maximum Gasteiger partial charge on any atom is 0.200 e. The minimum absolute atomic E-state index is 0.413. The second kappa shape index (κ2) is 7.38. The number of fused-ring (bicyclic) bond motifs is 3. The van der Waals surface area contributed by atoms with E-state index < -0.39 is 57.0 Å². The van der Waals surface area contributed by atoms with Gasteiger partial charge in [-0.15, -0.1) is 0 Å². The Balaban J connectivity index is 1.65. The van der Waals surface area contributed by atoms with Crippen molar-refractivity contribution < 1.29 is 27.2 Å². The number of benzene rings is 3. The van der Waals surface area contributed by atoms with E-state index in [1.807, 2.05) is 43.3 Å². The number of nitrogens with zero attached hydrogens (tertiary/aromatic N) is 1. The van der Waals surface area contributed by atoms with Crippen LogP contribution in [-0.4, -0.2) is 18.1 Å². The van der Waals surface area contributed by atoms with Gasteiger partial charge in [0.1, 0.15) is 0 Å². The van der Waals surface area contributed by atoms with Crippen LogP contribution in [0.2, 0.25) is 0 Å². The van der Waals surface area contributed by atoms with Crippen molar-refractivity contribution in [1.82, 2.24) is 0 Å². The van der Waals surface area contributed by atoms with E-state index in [2.05, 4.69) is 18.7 Å². The summed E-state index contributed by atoms with van der Waals surface area (Å²) in [7, 11) is 0. The molecule has 0 N–H and O–H groups in total. The summed E-state index contributed by atoms with van der Waals surface area (Å²) in [6.07, 6.45) is 1.21. The summed E-state index contributed by atoms with van der Waals surface area (Å²) in [6, 6.07) is 13.4. The van der Waals surface area contributed by atoms with Crippen molar-refractivity contribution >= 4 is 29.0 Å². The molecule has 3 aromatic carbocycles. The predicted octanol–water partition coefficient (Wildman–Crippen LogP) is 6.50. The lowest BCUT2D eigenvalue weighted by Gasteiger charge is -2.41. The van der Waals surface area contributed by atoms with Gasteiger partial charge in [-0.3, -0.25) is 9.59 Å². The van der Waals surface area contributed by atoms with Crippen molar-refractivity contribution in [3.63, 3.8) is 0 Å². The van der Waals surface area contributed by atoms with E-state index in [1.165, 1.54) is 6.08 Å². The highest BCUT2D eigenvalue weighted by Gasteiger charge is 2.42. The van der Waals surface area contributed by atoms with Crippen LogP contribution in [-0.2, 0) is 5.41 Å². The summed E-state index contributed by atoms with van der Waals surface area (Å²) in [6.45, 7) is 6.87. The Labute approximate surface area is 193 Å². The number of para-hydroxylation sites is 1. The second-order valence-electron chi connectivity index (χ2n) is 8.89. The molecular weight excluding hydrogens is 446 g/mol. The molecule has 34 heavy (non-hydrogen) atoms. The summed E-state index contributed by atoms with van der Waals surface area (Å²) in [5.41, 5.74) is 1.43. The van der Waals surface area contributed by atoms with Crippen LogP contribution in [0.25, 0.3) is 6.08 Å². The number of anilines is 2. The number of hydrogen-bond acceptors (Lipinski definition) is 3. The van der Waals surface area contributed by atoms with Crippen LogP contribution in [0.15, 0.2) is 48.0 Å². The lowest BCUT2D eigenvalue weighted by atomic mass is 9.73. The lowest BCUT2D eigenvalue weighted by Crippen LogP contribution is -2.32. The van der Waals surface area contributed by atoms with Gasteiger partial charge in [0.2, 0.25) is 11.6 Å². The fraction of sp³-hybridized carbons (Fsp3) is 0.185. The Bertz CT molecular complexity index is 1410. The van der Waals surface area contributed by atoms with E-state index >= 15 is 0 Å². The Morgan fingerprint density at radius 3 is 1.94 bits per heavy atom. The Hall–Kier alpha value is -3.74.